The van der Waals surface area contributed by atoms with Crippen molar-refractivity contribution in [3.8, 4) is 5.75 Å². The highest BCUT2D eigenvalue weighted by atomic mass is 35.5. The number of piperazine rings is 1. The Kier molecular flexibility index (Phi) is 7.98. The third-order valence-electron chi connectivity index (χ3n) is 4.65. The van der Waals surface area contributed by atoms with Crippen LogP contribution < -0.4 is 10.1 Å². The van der Waals surface area contributed by atoms with Gasteiger partial charge in [0, 0.05) is 32.2 Å². The molecule has 0 radical (unpaired) electrons. The Morgan fingerprint density at radius 1 is 1.23 bits per heavy atom. The molecule has 0 bridgehead atoms. The standard InChI is InChI=1S/C17H26N2O.2ClH/c1-13-11-15(5-6-17(13)20-2)16(12-14-3-4-14)19-9-7-18-8-10-19;;/h5-6,11,14,16,18H,3-4,7-10,12H2,1-2H3;2*1H/t16-;;/m1../s1. The molecule has 1 N–H and O–H groups in total. The largest absolute Gasteiger partial charge is 0.496 e. The molecule has 1 heterocycles. The lowest BCUT2D eigenvalue weighted by Gasteiger charge is -2.35. The second-order valence-corrected chi connectivity index (χ2v) is 6.21. The van der Waals surface area contributed by atoms with Crippen molar-refractivity contribution >= 4 is 24.8 Å². The first kappa shape index (κ1) is 19.6. The van der Waals surface area contributed by atoms with Crippen molar-refractivity contribution < 1.29 is 4.74 Å². The van der Waals surface area contributed by atoms with Gasteiger partial charge in [0.15, 0.2) is 0 Å². The second-order valence-electron chi connectivity index (χ2n) is 6.21. The summed E-state index contributed by atoms with van der Waals surface area (Å²) < 4.78 is 5.40. The van der Waals surface area contributed by atoms with Gasteiger partial charge in [0.2, 0.25) is 0 Å². The normalized spacial score (nSPS) is 19.7. The predicted octanol–water partition coefficient (Wildman–Crippen LogP) is 3.59. The fraction of sp³-hybridized carbons (Fsp3) is 0.647. The van der Waals surface area contributed by atoms with Gasteiger partial charge in [0.25, 0.3) is 0 Å². The summed E-state index contributed by atoms with van der Waals surface area (Å²) in [5, 5.41) is 3.46. The zero-order valence-corrected chi connectivity index (χ0v) is 15.1. The summed E-state index contributed by atoms with van der Waals surface area (Å²) >= 11 is 0. The van der Waals surface area contributed by atoms with Crippen LogP contribution in [0.25, 0.3) is 0 Å². The van der Waals surface area contributed by atoms with Crippen LogP contribution in [0.15, 0.2) is 18.2 Å². The SMILES string of the molecule is COc1ccc([C@@H](CC2CC2)N2CCNCC2)cc1C.Cl.Cl. The molecule has 3 rings (SSSR count). The summed E-state index contributed by atoms with van der Waals surface area (Å²) in [4.78, 5) is 2.66. The third kappa shape index (κ3) is 4.76. The average molecular weight is 347 g/mol. The Labute approximate surface area is 146 Å². The number of ether oxygens (including phenoxy) is 1. The number of halogens is 2. The topological polar surface area (TPSA) is 24.5 Å². The first-order valence-electron chi connectivity index (χ1n) is 7.87. The van der Waals surface area contributed by atoms with Crippen LogP contribution in [0.1, 0.15) is 36.4 Å². The molecule has 1 aromatic carbocycles. The van der Waals surface area contributed by atoms with Crippen LogP contribution in [0, 0.1) is 12.8 Å². The van der Waals surface area contributed by atoms with Crippen molar-refractivity contribution in [1.82, 2.24) is 10.2 Å². The summed E-state index contributed by atoms with van der Waals surface area (Å²) in [6, 6.07) is 7.32. The highest BCUT2D eigenvalue weighted by Gasteiger charge is 2.30. The smallest absolute Gasteiger partial charge is 0.121 e. The van der Waals surface area contributed by atoms with Crippen LogP contribution >= 0.6 is 24.8 Å². The van der Waals surface area contributed by atoms with E-state index in [0.29, 0.717) is 6.04 Å². The van der Waals surface area contributed by atoms with Crippen molar-refractivity contribution in [2.45, 2.75) is 32.2 Å². The molecule has 5 heteroatoms. The average Bonchev–Trinajstić information content (AvgIpc) is 3.30. The van der Waals surface area contributed by atoms with Crippen molar-refractivity contribution in [2.75, 3.05) is 33.3 Å². The first-order valence-corrected chi connectivity index (χ1v) is 7.87. The number of rotatable bonds is 5. The highest BCUT2D eigenvalue weighted by molar-refractivity contribution is 5.85. The lowest BCUT2D eigenvalue weighted by molar-refractivity contribution is 0.160. The molecule has 2 fully saturated rings. The van der Waals surface area contributed by atoms with Gasteiger partial charge in [-0.05, 0) is 36.5 Å². The molecule has 1 saturated heterocycles. The van der Waals surface area contributed by atoms with Crippen LogP contribution in [-0.4, -0.2) is 38.2 Å². The van der Waals surface area contributed by atoms with E-state index in [9.17, 15) is 0 Å². The molecule has 0 spiro atoms. The summed E-state index contributed by atoms with van der Waals surface area (Å²) in [7, 11) is 1.75. The fourth-order valence-corrected chi connectivity index (χ4v) is 3.27. The van der Waals surface area contributed by atoms with Crippen molar-refractivity contribution in [1.29, 1.82) is 0 Å². The van der Waals surface area contributed by atoms with Gasteiger partial charge in [-0.2, -0.15) is 0 Å². The lowest BCUT2D eigenvalue weighted by Crippen LogP contribution is -2.45. The van der Waals surface area contributed by atoms with Gasteiger partial charge in [0.1, 0.15) is 5.75 Å². The molecule has 1 aliphatic carbocycles. The molecule has 1 atom stereocenters. The second kappa shape index (κ2) is 8.97. The van der Waals surface area contributed by atoms with E-state index in [1.165, 1.54) is 43.5 Å². The Hall–Kier alpha value is -0.480. The molecule has 3 nitrogen and oxygen atoms in total. The monoisotopic (exact) mass is 346 g/mol. The molecule has 1 aliphatic heterocycles. The fourth-order valence-electron chi connectivity index (χ4n) is 3.27. The van der Waals surface area contributed by atoms with Gasteiger partial charge in [-0.15, -0.1) is 24.8 Å². The van der Waals surface area contributed by atoms with Gasteiger partial charge in [-0.1, -0.05) is 25.0 Å². The molecule has 126 valence electrons. The zero-order chi connectivity index (χ0) is 13.9. The molecule has 22 heavy (non-hydrogen) atoms. The summed E-state index contributed by atoms with van der Waals surface area (Å²) in [5.74, 6) is 1.96. The van der Waals surface area contributed by atoms with Gasteiger partial charge in [-0.3, -0.25) is 4.90 Å². The van der Waals surface area contributed by atoms with Crippen LogP contribution in [0.2, 0.25) is 0 Å². The first-order chi connectivity index (χ1) is 9.78. The van der Waals surface area contributed by atoms with Gasteiger partial charge in [0.05, 0.1) is 7.11 Å². The maximum Gasteiger partial charge on any atom is 0.121 e. The van der Waals surface area contributed by atoms with E-state index in [4.69, 9.17) is 4.74 Å². The van der Waals surface area contributed by atoms with E-state index in [2.05, 4.69) is 35.3 Å². The van der Waals surface area contributed by atoms with Crippen LogP contribution in [0.3, 0.4) is 0 Å². The van der Waals surface area contributed by atoms with E-state index >= 15 is 0 Å². The van der Waals surface area contributed by atoms with Crippen molar-refractivity contribution in [2.24, 2.45) is 5.92 Å². The van der Waals surface area contributed by atoms with Gasteiger partial charge < -0.3 is 10.1 Å². The molecule has 1 saturated carbocycles. The van der Waals surface area contributed by atoms with Gasteiger partial charge in [-0.25, -0.2) is 0 Å². The molecular weight excluding hydrogens is 319 g/mol. The quantitative estimate of drug-likeness (QED) is 0.881. The Morgan fingerprint density at radius 3 is 2.45 bits per heavy atom. The molecule has 0 unspecified atom stereocenters. The molecular formula is C17H28Cl2N2O. The van der Waals surface area contributed by atoms with E-state index in [-0.39, 0.29) is 24.8 Å². The number of methoxy groups -OCH3 is 1. The van der Waals surface area contributed by atoms with Gasteiger partial charge >= 0.3 is 0 Å². The lowest BCUT2D eigenvalue weighted by atomic mass is 9.97. The Morgan fingerprint density at radius 2 is 1.91 bits per heavy atom. The summed E-state index contributed by atoms with van der Waals surface area (Å²) in [6.45, 7) is 6.73. The molecule has 2 aliphatic rings. The van der Waals surface area contributed by atoms with Crippen LogP contribution in [-0.2, 0) is 0 Å². The Bertz CT molecular complexity index is 460. The van der Waals surface area contributed by atoms with E-state index in [1.54, 1.807) is 7.11 Å². The molecule has 0 aromatic heterocycles. The zero-order valence-electron chi connectivity index (χ0n) is 13.5. The maximum atomic E-state index is 5.40. The number of hydrogen-bond acceptors (Lipinski definition) is 3. The number of nitrogens with zero attached hydrogens (tertiary/aromatic N) is 1. The minimum absolute atomic E-state index is 0. The van der Waals surface area contributed by atoms with E-state index < -0.39 is 0 Å². The number of hydrogen-bond donors (Lipinski definition) is 1. The summed E-state index contributed by atoms with van der Waals surface area (Å²) in [6.07, 6.45) is 4.18. The van der Waals surface area contributed by atoms with Crippen molar-refractivity contribution in [3.63, 3.8) is 0 Å². The van der Waals surface area contributed by atoms with E-state index in [1.807, 2.05) is 0 Å². The van der Waals surface area contributed by atoms with Crippen LogP contribution in [0.5, 0.6) is 5.75 Å². The number of nitrogens with one attached hydrogen (secondary N) is 1. The number of benzene rings is 1. The Balaban J connectivity index is 0.00000121. The number of aryl methyl sites for hydroxylation is 1. The minimum Gasteiger partial charge on any atom is -0.496 e. The van der Waals surface area contributed by atoms with Crippen molar-refractivity contribution in [3.05, 3.63) is 29.3 Å². The predicted molar refractivity (Wildman–Crippen MR) is 96.8 cm³/mol. The maximum absolute atomic E-state index is 5.40. The summed E-state index contributed by atoms with van der Waals surface area (Å²) in [5.41, 5.74) is 2.72. The third-order valence-corrected chi connectivity index (χ3v) is 4.65. The van der Waals surface area contributed by atoms with E-state index in [0.717, 1.165) is 24.8 Å². The molecule has 1 aromatic rings. The van der Waals surface area contributed by atoms with Crippen LogP contribution in [0.4, 0.5) is 0 Å². The molecule has 0 amide bonds. The minimum atomic E-state index is 0. The highest BCUT2D eigenvalue weighted by Crippen LogP contribution is 2.40.